The molecule has 26 heavy (non-hydrogen) atoms. The fourth-order valence-corrected chi connectivity index (χ4v) is 2.31. The van der Waals surface area contributed by atoms with Crippen LogP contribution in [0.2, 0.25) is 0 Å². The molecule has 2 rings (SSSR count). The van der Waals surface area contributed by atoms with E-state index < -0.39 is 35.3 Å². The van der Waals surface area contributed by atoms with Crippen LogP contribution in [-0.2, 0) is 16.0 Å². The highest BCUT2D eigenvalue weighted by Crippen LogP contribution is 2.18. The molecule has 2 aromatic carbocycles. The second kappa shape index (κ2) is 9.08. The summed E-state index contributed by atoms with van der Waals surface area (Å²) in [5, 5.41) is 2.10. The van der Waals surface area contributed by atoms with Gasteiger partial charge in [0.15, 0.2) is 6.10 Å². The van der Waals surface area contributed by atoms with Crippen molar-refractivity contribution in [1.82, 2.24) is 0 Å². The molecule has 1 amide bonds. The number of aryl methyl sites for hydroxylation is 1. The normalized spacial score (nSPS) is 11.7. The number of unbranched alkanes of at least 4 members (excludes halogenated alkanes) is 1. The van der Waals surface area contributed by atoms with Crippen LogP contribution in [0.3, 0.4) is 0 Å². The first kappa shape index (κ1) is 19.6. The lowest BCUT2D eigenvalue weighted by Gasteiger charge is -2.14. The SMILES string of the molecule is CCCCc1ccc(C(=O)OC(C)C(=O)Nc2c(F)cccc2F)cc1. The van der Waals surface area contributed by atoms with E-state index in [0.717, 1.165) is 37.0 Å². The summed E-state index contributed by atoms with van der Waals surface area (Å²) in [7, 11) is 0. The minimum atomic E-state index is -1.21. The number of amides is 1. The van der Waals surface area contributed by atoms with Crippen LogP contribution in [0.4, 0.5) is 14.5 Å². The Balaban J connectivity index is 1.96. The first-order valence-corrected chi connectivity index (χ1v) is 8.47. The zero-order valence-electron chi connectivity index (χ0n) is 14.7. The zero-order valence-corrected chi connectivity index (χ0v) is 14.7. The largest absolute Gasteiger partial charge is 0.449 e. The molecule has 4 nitrogen and oxygen atoms in total. The van der Waals surface area contributed by atoms with Gasteiger partial charge in [-0.2, -0.15) is 0 Å². The van der Waals surface area contributed by atoms with Gasteiger partial charge in [-0.05, 0) is 49.6 Å². The number of benzene rings is 2. The van der Waals surface area contributed by atoms with Crippen molar-refractivity contribution in [2.45, 2.75) is 39.2 Å². The summed E-state index contributed by atoms with van der Waals surface area (Å²) in [6.45, 7) is 3.44. The van der Waals surface area contributed by atoms with Gasteiger partial charge in [-0.15, -0.1) is 0 Å². The molecule has 0 aromatic heterocycles. The summed E-state index contributed by atoms with van der Waals surface area (Å²) in [4.78, 5) is 24.2. The van der Waals surface area contributed by atoms with Crippen molar-refractivity contribution in [1.29, 1.82) is 0 Å². The number of carbonyl (C=O) groups excluding carboxylic acids is 2. The van der Waals surface area contributed by atoms with Crippen LogP contribution < -0.4 is 5.32 Å². The average molecular weight is 361 g/mol. The summed E-state index contributed by atoms with van der Waals surface area (Å²) in [5.74, 6) is -3.30. The summed E-state index contributed by atoms with van der Waals surface area (Å²) >= 11 is 0. The molecule has 0 aliphatic heterocycles. The van der Waals surface area contributed by atoms with Gasteiger partial charge in [0.2, 0.25) is 0 Å². The first-order chi connectivity index (χ1) is 12.4. The first-order valence-electron chi connectivity index (χ1n) is 8.47. The van der Waals surface area contributed by atoms with E-state index in [1.807, 2.05) is 12.1 Å². The summed E-state index contributed by atoms with van der Waals surface area (Å²) in [6.07, 6.45) is 1.87. The van der Waals surface area contributed by atoms with E-state index in [0.29, 0.717) is 5.56 Å². The molecule has 0 aliphatic carbocycles. The topological polar surface area (TPSA) is 55.4 Å². The molecule has 0 heterocycles. The fourth-order valence-electron chi connectivity index (χ4n) is 2.31. The molecule has 0 spiro atoms. The Morgan fingerprint density at radius 3 is 2.27 bits per heavy atom. The van der Waals surface area contributed by atoms with Crippen molar-refractivity contribution in [2.75, 3.05) is 5.32 Å². The number of esters is 1. The van der Waals surface area contributed by atoms with Crippen LogP contribution in [0.1, 0.15) is 42.6 Å². The van der Waals surface area contributed by atoms with Crippen molar-refractivity contribution in [3.05, 3.63) is 65.2 Å². The van der Waals surface area contributed by atoms with Crippen LogP contribution >= 0.6 is 0 Å². The summed E-state index contributed by atoms with van der Waals surface area (Å²) in [5.41, 5.74) is 0.854. The monoisotopic (exact) mass is 361 g/mol. The molecule has 0 saturated carbocycles. The zero-order chi connectivity index (χ0) is 19.1. The van der Waals surface area contributed by atoms with Gasteiger partial charge in [0.25, 0.3) is 5.91 Å². The smallest absolute Gasteiger partial charge is 0.338 e. The third-order valence-electron chi connectivity index (χ3n) is 3.87. The van der Waals surface area contributed by atoms with Crippen molar-refractivity contribution in [2.24, 2.45) is 0 Å². The number of anilines is 1. The minimum absolute atomic E-state index is 0.307. The predicted molar refractivity (Wildman–Crippen MR) is 94.9 cm³/mol. The van der Waals surface area contributed by atoms with E-state index in [9.17, 15) is 18.4 Å². The molecule has 6 heteroatoms. The number of hydrogen-bond donors (Lipinski definition) is 1. The van der Waals surface area contributed by atoms with Crippen molar-refractivity contribution < 1.29 is 23.1 Å². The van der Waals surface area contributed by atoms with Gasteiger partial charge in [-0.25, -0.2) is 13.6 Å². The van der Waals surface area contributed by atoms with Gasteiger partial charge in [0.05, 0.1) is 5.56 Å². The highest BCUT2D eigenvalue weighted by molar-refractivity contribution is 5.97. The Labute approximate surface area is 151 Å². The molecule has 0 bridgehead atoms. The van der Waals surface area contributed by atoms with Crippen LogP contribution in [0.25, 0.3) is 0 Å². The van der Waals surface area contributed by atoms with Crippen LogP contribution in [-0.4, -0.2) is 18.0 Å². The maximum atomic E-state index is 13.6. The van der Waals surface area contributed by atoms with Gasteiger partial charge in [0.1, 0.15) is 17.3 Å². The number of ether oxygens (including phenoxy) is 1. The van der Waals surface area contributed by atoms with Crippen LogP contribution in [0.5, 0.6) is 0 Å². The van der Waals surface area contributed by atoms with Gasteiger partial charge in [0, 0.05) is 0 Å². The summed E-state index contributed by atoms with van der Waals surface area (Å²) < 4.78 is 32.2. The van der Waals surface area contributed by atoms with Crippen molar-refractivity contribution >= 4 is 17.6 Å². The Kier molecular flexibility index (Phi) is 6.83. The predicted octanol–water partition coefficient (Wildman–Crippen LogP) is 4.49. The Hall–Kier alpha value is -2.76. The highest BCUT2D eigenvalue weighted by atomic mass is 19.1. The fraction of sp³-hybridized carbons (Fsp3) is 0.300. The molecule has 138 valence electrons. The lowest BCUT2D eigenvalue weighted by atomic mass is 10.1. The van der Waals surface area contributed by atoms with Crippen LogP contribution in [0, 0.1) is 11.6 Å². The minimum Gasteiger partial charge on any atom is -0.449 e. The van der Waals surface area contributed by atoms with Gasteiger partial charge >= 0.3 is 5.97 Å². The third-order valence-corrected chi connectivity index (χ3v) is 3.87. The molecule has 0 radical (unpaired) electrons. The van der Waals surface area contributed by atoms with Crippen LogP contribution in [0.15, 0.2) is 42.5 Å². The number of rotatable bonds is 7. The van der Waals surface area contributed by atoms with Crippen molar-refractivity contribution in [3.63, 3.8) is 0 Å². The molecule has 0 aliphatic rings. The lowest BCUT2D eigenvalue weighted by molar-refractivity contribution is -0.123. The van der Waals surface area contributed by atoms with E-state index in [-0.39, 0.29) is 0 Å². The molecule has 2 aromatic rings. The van der Waals surface area contributed by atoms with Gasteiger partial charge in [-0.3, -0.25) is 4.79 Å². The van der Waals surface area contributed by atoms with E-state index in [4.69, 9.17) is 4.74 Å². The Morgan fingerprint density at radius 1 is 1.08 bits per heavy atom. The van der Waals surface area contributed by atoms with E-state index in [1.54, 1.807) is 12.1 Å². The molecule has 0 fully saturated rings. The molecule has 1 unspecified atom stereocenters. The number of carbonyl (C=O) groups is 2. The average Bonchev–Trinajstić information content (AvgIpc) is 2.63. The van der Waals surface area contributed by atoms with E-state index in [1.165, 1.54) is 13.0 Å². The standard InChI is InChI=1S/C20H21F2NO3/c1-3-4-6-14-9-11-15(12-10-14)20(25)26-13(2)19(24)23-18-16(21)7-5-8-17(18)22/h5,7-13H,3-4,6H2,1-2H3,(H,23,24). The maximum Gasteiger partial charge on any atom is 0.338 e. The molecule has 0 saturated heterocycles. The van der Waals surface area contributed by atoms with E-state index in [2.05, 4.69) is 12.2 Å². The molecule has 1 atom stereocenters. The number of halogens is 2. The maximum absolute atomic E-state index is 13.6. The number of hydrogen-bond acceptors (Lipinski definition) is 3. The molecular formula is C20H21F2NO3. The number of nitrogens with one attached hydrogen (secondary N) is 1. The van der Waals surface area contributed by atoms with E-state index >= 15 is 0 Å². The third kappa shape index (κ3) is 5.12. The van der Waals surface area contributed by atoms with Gasteiger partial charge < -0.3 is 10.1 Å². The second-order valence-corrected chi connectivity index (χ2v) is 5.93. The summed E-state index contributed by atoms with van der Waals surface area (Å²) in [6, 6.07) is 10.2. The lowest BCUT2D eigenvalue weighted by Crippen LogP contribution is -2.30. The Bertz CT molecular complexity index is 755. The second-order valence-electron chi connectivity index (χ2n) is 5.93. The quantitative estimate of drug-likeness (QED) is 0.739. The Morgan fingerprint density at radius 2 is 1.69 bits per heavy atom. The van der Waals surface area contributed by atoms with Gasteiger partial charge in [-0.1, -0.05) is 31.5 Å². The molecular weight excluding hydrogens is 340 g/mol. The highest BCUT2D eigenvalue weighted by Gasteiger charge is 2.21. The van der Waals surface area contributed by atoms with Crippen molar-refractivity contribution in [3.8, 4) is 0 Å². The molecule has 1 N–H and O–H groups in total. The number of para-hydroxylation sites is 1.